The Morgan fingerprint density at radius 2 is 2.46 bits per heavy atom. The van der Waals surface area contributed by atoms with Crippen molar-refractivity contribution in [3.8, 4) is 0 Å². The first kappa shape index (κ1) is 14.0. The topological polar surface area (TPSA) is 46.4 Å². The van der Waals surface area contributed by atoms with Crippen LogP contribution in [0.25, 0.3) is 5.32 Å². The van der Waals surface area contributed by atoms with Gasteiger partial charge in [0, 0.05) is 25.8 Å². The summed E-state index contributed by atoms with van der Waals surface area (Å²) in [4.78, 5) is 11.0. The van der Waals surface area contributed by atoms with Crippen LogP contribution in [0.1, 0.15) is 6.42 Å². The van der Waals surface area contributed by atoms with E-state index in [1.807, 2.05) is 5.01 Å². The van der Waals surface area contributed by atoms with Crippen molar-refractivity contribution in [2.75, 3.05) is 26.9 Å². The minimum absolute atomic E-state index is 0. The van der Waals surface area contributed by atoms with Gasteiger partial charge in [-0.25, -0.2) is 5.01 Å². The fourth-order valence-corrected chi connectivity index (χ4v) is 1.35. The van der Waals surface area contributed by atoms with Gasteiger partial charge in [-0.2, -0.15) is 0 Å². The molecule has 70 valence electrons. The molecule has 0 saturated carbocycles. The summed E-state index contributed by atoms with van der Waals surface area (Å²) in [6.45, 7) is 0.572. The number of amides is 1. The van der Waals surface area contributed by atoms with Crippen LogP contribution in [0.2, 0.25) is 0 Å². The fourth-order valence-electron chi connectivity index (χ4n) is 1.35. The number of nitrogens with zero attached hydrogens (tertiary/aromatic N) is 2. The maximum absolute atomic E-state index is 11.7. The molecule has 0 aromatic carbocycles. The molecule has 1 aliphatic rings. The number of hydrazine groups is 1. The van der Waals surface area contributed by atoms with Gasteiger partial charge in [-0.1, -0.05) is 0 Å². The SMILES string of the molecule is CNN1CCC(C(=O)[N-]CF)C1.[K+]. The number of rotatable bonds is 3. The number of nitrogens with one attached hydrogen (secondary N) is 1. The Kier molecular flexibility index (Phi) is 7.81. The van der Waals surface area contributed by atoms with Gasteiger partial charge in [0.2, 0.25) is 0 Å². The first-order valence-electron chi connectivity index (χ1n) is 3.97. The summed E-state index contributed by atoms with van der Waals surface area (Å²) in [7, 11) is 1.80. The van der Waals surface area contributed by atoms with Crippen molar-refractivity contribution in [3.05, 3.63) is 5.32 Å². The number of alkyl halides is 1. The Morgan fingerprint density at radius 3 is 2.92 bits per heavy atom. The molecular formula is C7H13FKN3O. The smallest absolute Gasteiger partial charge is 0.627 e. The minimum Gasteiger partial charge on any atom is -0.627 e. The van der Waals surface area contributed by atoms with E-state index in [1.54, 1.807) is 7.05 Å². The largest absolute Gasteiger partial charge is 1.00 e. The van der Waals surface area contributed by atoms with Crippen molar-refractivity contribution in [3.63, 3.8) is 0 Å². The zero-order valence-electron chi connectivity index (χ0n) is 8.09. The van der Waals surface area contributed by atoms with Gasteiger partial charge in [0.15, 0.2) is 0 Å². The average Bonchev–Trinajstić information content (AvgIpc) is 2.52. The third kappa shape index (κ3) is 4.33. The second kappa shape index (κ2) is 7.27. The zero-order valence-corrected chi connectivity index (χ0v) is 11.2. The van der Waals surface area contributed by atoms with Crippen LogP contribution in [0.5, 0.6) is 0 Å². The molecule has 1 aliphatic heterocycles. The van der Waals surface area contributed by atoms with Crippen LogP contribution in [-0.4, -0.2) is 37.9 Å². The van der Waals surface area contributed by atoms with Crippen LogP contribution < -0.4 is 56.8 Å². The van der Waals surface area contributed by atoms with Crippen molar-refractivity contribution in [1.29, 1.82) is 0 Å². The molecule has 6 heteroatoms. The molecule has 1 rings (SSSR count). The Hall–Kier alpha value is 0.956. The van der Waals surface area contributed by atoms with Crippen molar-refractivity contribution < 1.29 is 60.6 Å². The summed E-state index contributed by atoms with van der Waals surface area (Å²) in [5.41, 5.74) is 2.94. The molecule has 13 heavy (non-hydrogen) atoms. The molecule has 1 saturated heterocycles. The summed E-state index contributed by atoms with van der Waals surface area (Å²) < 4.78 is 11.7. The number of halogens is 1. The average molecular weight is 213 g/mol. The number of carbonyl (C=O) groups excluding carboxylic acids is 1. The summed E-state index contributed by atoms with van der Waals surface area (Å²) in [5.74, 6) is -0.427. The molecule has 0 aromatic rings. The quantitative estimate of drug-likeness (QED) is 0.409. The van der Waals surface area contributed by atoms with Crippen molar-refractivity contribution >= 4 is 5.91 Å². The third-order valence-electron chi connectivity index (χ3n) is 2.07. The zero-order chi connectivity index (χ0) is 8.97. The van der Waals surface area contributed by atoms with Crippen LogP contribution in [-0.2, 0) is 4.79 Å². The number of carbonyl (C=O) groups is 1. The predicted octanol–water partition coefficient (Wildman–Crippen LogP) is -2.73. The van der Waals surface area contributed by atoms with E-state index in [4.69, 9.17) is 0 Å². The molecule has 0 aromatic heterocycles. The van der Waals surface area contributed by atoms with E-state index in [-0.39, 0.29) is 63.2 Å². The van der Waals surface area contributed by atoms with E-state index < -0.39 is 6.80 Å². The van der Waals surface area contributed by atoms with Gasteiger partial charge < -0.3 is 10.1 Å². The van der Waals surface area contributed by atoms with Gasteiger partial charge in [-0.3, -0.25) is 9.82 Å². The van der Waals surface area contributed by atoms with Gasteiger partial charge in [0.25, 0.3) is 0 Å². The van der Waals surface area contributed by atoms with E-state index in [0.717, 1.165) is 13.0 Å². The van der Waals surface area contributed by atoms with E-state index in [2.05, 4.69) is 10.7 Å². The van der Waals surface area contributed by atoms with Crippen molar-refractivity contribution in [1.82, 2.24) is 10.4 Å². The molecule has 0 bridgehead atoms. The molecular weight excluding hydrogens is 200 g/mol. The van der Waals surface area contributed by atoms with Crippen LogP contribution in [0.4, 0.5) is 4.39 Å². The van der Waals surface area contributed by atoms with Gasteiger partial charge in [0.05, 0.1) is 5.91 Å². The maximum Gasteiger partial charge on any atom is 1.00 e. The fraction of sp³-hybridized carbons (Fsp3) is 0.857. The van der Waals surface area contributed by atoms with Gasteiger partial charge >= 0.3 is 51.4 Å². The second-order valence-electron chi connectivity index (χ2n) is 2.77. The summed E-state index contributed by atoms with van der Waals surface area (Å²) >= 11 is 0. The molecule has 4 nitrogen and oxygen atoms in total. The molecule has 1 heterocycles. The molecule has 0 spiro atoms. The Labute approximate surface area is 120 Å². The molecule has 0 aliphatic carbocycles. The summed E-state index contributed by atoms with van der Waals surface area (Å²) in [6.07, 6.45) is 0.767. The predicted molar refractivity (Wildman–Crippen MR) is 43.1 cm³/mol. The first-order chi connectivity index (χ1) is 5.77. The van der Waals surface area contributed by atoms with E-state index in [9.17, 15) is 9.18 Å². The van der Waals surface area contributed by atoms with Crippen LogP contribution >= 0.6 is 0 Å². The van der Waals surface area contributed by atoms with Crippen molar-refractivity contribution in [2.24, 2.45) is 5.92 Å². The Balaban J connectivity index is 0.00000144. The minimum atomic E-state index is -0.894. The molecule has 1 fully saturated rings. The van der Waals surface area contributed by atoms with Crippen LogP contribution in [0, 0.1) is 5.92 Å². The van der Waals surface area contributed by atoms with Gasteiger partial charge in [-0.05, 0) is 13.5 Å². The Bertz CT molecular complexity index is 170. The molecule has 1 atom stereocenters. The van der Waals surface area contributed by atoms with Crippen molar-refractivity contribution in [2.45, 2.75) is 6.42 Å². The van der Waals surface area contributed by atoms with E-state index in [1.165, 1.54) is 0 Å². The molecule has 1 N–H and O–H groups in total. The summed E-state index contributed by atoms with van der Waals surface area (Å²) in [6, 6.07) is 0. The van der Waals surface area contributed by atoms with Gasteiger partial charge in [-0.15, -0.1) is 0 Å². The molecule has 1 unspecified atom stereocenters. The molecule has 0 radical (unpaired) electrons. The third-order valence-corrected chi connectivity index (χ3v) is 2.07. The summed E-state index contributed by atoms with van der Waals surface area (Å²) in [5, 5.41) is 5.14. The van der Waals surface area contributed by atoms with Gasteiger partial charge in [0.1, 0.15) is 0 Å². The van der Waals surface area contributed by atoms with E-state index in [0.29, 0.717) is 6.54 Å². The van der Waals surface area contributed by atoms with E-state index >= 15 is 0 Å². The number of hydrogen-bond donors (Lipinski definition) is 1. The van der Waals surface area contributed by atoms with Crippen LogP contribution in [0.3, 0.4) is 0 Å². The first-order valence-corrected chi connectivity index (χ1v) is 3.97. The van der Waals surface area contributed by atoms with Crippen LogP contribution in [0.15, 0.2) is 0 Å². The standard InChI is InChI=1S/C7H14FN3O.K/c1-9-11-3-2-6(4-11)7(12)10-5-8;/h6,9H,2-5H2,1H3,(H,10,12);/q;+1/p-1. The Morgan fingerprint density at radius 1 is 1.77 bits per heavy atom. The second-order valence-corrected chi connectivity index (χ2v) is 2.77. The monoisotopic (exact) mass is 213 g/mol. The molecule has 1 amide bonds. The maximum atomic E-state index is 11.7. The normalized spacial score (nSPS) is 22.5. The number of hydrogen-bond acceptors (Lipinski definition) is 3.